The Hall–Kier alpha value is -0.120. The number of methoxy groups -OCH3 is 1. The van der Waals surface area contributed by atoms with Crippen molar-refractivity contribution in [3.63, 3.8) is 0 Å². The maximum absolute atomic E-state index is 10.1. The lowest BCUT2D eigenvalue weighted by Gasteiger charge is -2.29. The van der Waals surface area contributed by atoms with Crippen LogP contribution in [0.25, 0.3) is 0 Å². The quantitative estimate of drug-likeness (QED) is 0.586. The molecular weight excluding hydrogens is 178 g/mol. The number of hydrogen-bond donors (Lipinski definition) is 2. The Morgan fingerprint density at radius 2 is 2.07 bits per heavy atom. The summed E-state index contributed by atoms with van der Waals surface area (Å²) in [6.45, 7) is 8.55. The smallest absolute Gasteiger partial charge is 0.0657 e. The van der Waals surface area contributed by atoms with E-state index < -0.39 is 5.60 Å². The number of nitrogens with one attached hydrogen (secondary N) is 1. The highest BCUT2D eigenvalue weighted by Crippen LogP contribution is 2.22. The molecule has 2 N–H and O–H groups in total. The van der Waals surface area contributed by atoms with Crippen LogP contribution in [0.1, 0.15) is 33.6 Å². The third-order valence-corrected chi connectivity index (χ3v) is 2.96. The fourth-order valence-electron chi connectivity index (χ4n) is 1.33. The molecule has 0 rings (SSSR count). The van der Waals surface area contributed by atoms with Crippen LogP contribution < -0.4 is 5.32 Å². The van der Waals surface area contributed by atoms with E-state index >= 15 is 0 Å². The van der Waals surface area contributed by atoms with Gasteiger partial charge in [0.15, 0.2) is 0 Å². The minimum absolute atomic E-state index is 0.353. The van der Waals surface area contributed by atoms with E-state index in [4.69, 9.17) is 4.74 Å². The van der Waals surface area contributed by atoms with E-state index in [-0.39, 0.29) is 0 Å². The second kappa shape index (κ2) is 7.21. The molecule has 86 valence electrons. The Kier molecular flexibility index (Phi) is 7.15. The third kappa shape index (κ3) is 5.58. The average Bonchev–Trinajstić information content (AvgIpc) is 2.16. The van der Waals surface area contributed by atoms with E-state index in [9.17, 15) is 5.11 Å². The van der Waals surface area contributed by atoms with E-state index in [1.54, 1.807) is 7.11 Å². The van der Waals surface area contributed by atoms with Crippen LogP contribution >= 0.6 is 0 Å². The van der Waals surface area contributed by atoms with E-state index in [1.165, 1.54) is 0 Å². The van der Waals surface area contributed by atoms with E-state index in [1.807, 2.05) is 6.92 Å². The maximum Gasteiger partial charge on any atom is 0.0657 e. The molecule has 0 aromatic rings. The molecule has 0 spiro atoms. The van der Waals surface area contributed by atoms with Gasteiger partial charge in [-0.25, -0.2) is 0 Å². The highest BCUT2D eigenvalue weighted by Gasteiger charge is 2.25. The first-order chi connectivity index (χ1) is 6.54. The summed E-state index contributed by atoms with van der Waals surface area (Å²) >= 11 is 0. The largest absolute Gasteiger partial charge is 0.390 e. The topological polar surface area (TPSA) is 41.5 Å². The van der Waals surface area contributed by atoms with Crippen LogP contribution in [0, 0.1) is 5.92 Å². The van der Waals surface area contributed by atoms with Gasteiger partial charge in [0.05, 0.1) is 12.2 Å². The van der Waals surface area contributed by atoms with Crippen LogP contribution in [0.2, 0.25) is 0 Å². The molecule has 0 aromatic heterocycles. The van der Waals surface area contributed by atoms with Crippen LogP contribution in [-0.4, -0.2) is 37.5 Å². The molecule has 2 unspecified atom stereocenters. The zero-order valence-corrected chi connectivity index (χ0v) is 9.97. The molecule has 0 saturated carbocycles. The molecule has 0 fully saturated rings. The van der Waals surface area contributed by atoms with E-state index in [2.05, 4.69) is 19.2 Å². The fraction of sp³-hybridized carbons (Fsp3) is 1.00. The Morgan fingerprint density at radius 1 is 1.43 bits per heavy atom. The molecule has 3 heteroatoms. The standard InChI is InChI=1S/C11H25NO2/c1-5-10(2)11(3,13)6-7-12-8-9-14-4/h10,12-13H,5-9H2,1-4H3. The lowest BCUT2D eigenvalue weighted by Crippen LogP contribution is -2.36. The molecular formula is C11H25NO2. The second-order valence-electron chi connectivity index (χ2n) is 4.16. The van der Waals surface area contributed by atoms with Crippen molar-refractivity contribution in [2.24, 2.45) is 5.92 Å². The van der Waals surface area contributed by atoms with Gasteiger partial charge in [-0.3, -0.25) is 0 Å². The molecule has 0 aliphatic rings. The first kappa shape index (κ1) is 13.9. The Balaban J connectivity index is 3.55. The van der Waals surface area contributed by atoms with Crippen molar-refractivity contribution in [2.45, 2.75) is 39.2 Å². The summed E-state index contributed by atoms with van der Waals surface area (Å²) in [4.78, 5) is 0. The van der Waals surface area contributed by atoms with Crippen molar-refractivity contribution in [3.05, 3.63) is 0 Å². The molecule has 0 aliphatic carbocycles. The van der Waals surface area contributed by atoms with Crippen molar-refractivity contribution in [1.29, 1.82) is 0 Å². The monoisotopic (exact) mass is 203 g/mol. The Labute approximate surface area is 87.8 Å². The van der Waals surface area contributed by atoms with Crippen molar-refractivity contribution in [1.82, 2.24) is 5.32 Å². The normalized spacial score (nSPS) is 17.8. The summed E-state index contributed by atoms with van der Waals surface area (Å²) in [6.07, 6.45) is 1.82. The van der Waals surface area contributed by atoms with Gasteiger partial charge >= 0.3 is 0 Å². The van der Waals surface area contributed by atoms with Crippen LogP contribution in [0.5, 0.6) is 0 Å². The van der Waals surface area contributed by atoms with E-state index in [0.717, 1.165) is 32.5 Å². The summed E-state index contributed by atoms with van der Waals surface area (Å²) in [5.74, 6) is 0.353. The van der Waals surface area contributed by atoms with Gasteiger partial charge in [0, 0.05) is 13.7 Å². The summed E-state index contributed by atoms with van der Waals surface area (Å²) in [6, 6.07) is 0. The lowest BCUT2D eigenvalue weighted by molar-refractivity contribution is -0.00288. The maximum atomic E-state index is 10.1. The summed E-state index contributed by atoms with van der Waals surface area (Å²) in [7, 11) is 1.69. The fourth-order valence-corrected chi connectivity index (χ4v) is 1.33. The summed E-state index contributed by atoms with van der Waals surface area (Å²) in [5, 5.41) is 13.3. The minimum atomic E-state index is -0.547. The van der Waals surface area contributed by atoms with Crippen molar-refractivity contribution >= 4 is 0 Å². The van der Waals surface area contributed by atoms with Gasteiger partial charge in [-0.2, -0.15) is 0 Å². The summed E-state index contributed by atoms with van der Waals surface area (Å²) < 4.78 is 4.92. The molecule has 0 bridgehead atoms. The Bertz CT molecular complexity index is 137. The molecule has 0 aromatic carbocycles. The number of rotatable bonds is 8. The zero-order chi connectivity index (χ0) is 11.0. The van der Waals surface area contributed by atoms with Crippen LogP contribution in [0.3, 0.4) is 0 Å². The van der Waals surface area contributed by atoms with Gasteiger partial charge < -0.3 is 15.2 Å². The van der Waals surface area contributed by atoms with Gasteiger partial charge in [-0.15, -0.1) is 0 Å². The number of hydrogen-bond acceptors (Lipinski definition) is 3. The highest BCUT2D eigenvalue weighted by atomic mass is 16.5. The molecule has 0 radical (unpaired) electrons. The first-order valence-electron chi connectivity index (χ1n) is 5.46. The predicted molar refractivity (Wildman–Crippen MR) is 59.4 cm³/mol. The van der Waals surface area contributed by atoms with Crippen LogP contribution in [0.4, 0.5) is 0 Å². The second-order valence-corrected chi connectivity index (χ2v) is 4.16. The molecule has 3 nitrogen and oxygen atoms in total. The molecule has 14 heavy (non-hydrogen) atoms. The highest BCUT2D eigenvalue weighted by molar-refractivity contribution is 4.78. The van der Waals surface area contributed by atoms with Gasteiger partial charge in [0.2, 0.25) is 0 Å². The van der Waals surface area contributed by atoms with Crippen LogP contribution in [-0.2, 0) is 4.74 Å². The number of ether oxygens (including phenoxy) is 1. The first-order valence-corrected chi connectivity index (χ1v) is 5.46. The van der Waals surface area contributed by atoms with Crippen molar-refractivity contribution < 1.29 is 9.84 Å². The van der Waals surface area contributed by atoms with E-state index in [0.29, 0.717) is 5.92 Å². The van der Waals surface area contributed by atoms with Crippen molar-refractivity contribution in [3.8, 4) is 0 Å². The molecule has 0 amide bonds. The minimum Gasteiger partial charge on any atom is -0.390 e. The molecule has 2 atom stereocenters. The Morgan fingerprint density at radius 3 is 2.57 bits per heavy atom. The summed E-state index contributed by atoms with van der Waals surface area (Å²) in [5.41, 5.74) is -0.547. The number of aliphatic hydroxyl groups is 1. The molecule has 0 saturated heterocycles. The van der Waals surface area contributed by atoms with Crippen molar-refractivity contribution in [2.75, 3.05) is 26.8 Å². The molecule has 0 heterocycles. The predicted octanol–water partition coefficient (Wildman–Crippen LogP) is 1.41. The zero-order valence-electron chi connectivity index (χ0n) is 9.97. The van der Waals surface area contributed by atoms with Crippen LogP contribution in [0.15, 0.2) is 0 Å². The van der Waals surface area contributed by atoms with Gasteiger partial charge in [0.25, 0.3) is 0 Å². The van der Waals surface area contributed by atoms with Gasteiger partial charge in [0.1, 0.15) is 0 Å². The lowest BCUT2D eigenvalue weighted by atomic mass is 9.86. The average molecular weight is 203 g/mol. The molecule has 0 aliphatic heterocycles. The SMILES string of the molecule is CCC(C)C(C)(O)CCNCCOC. The van der Waals surface area contributed by atoms with Gasteiger partial charge in [-0.1, -0.05) is 20.3 Å². The van der Waals surface area contributed by atoms with Gasteiger partial charge in [-0.05, 0) is 25.8 Å². The third-order valence-electron chi connectivity index (χ3n) is 2.96.